The maximum Gasteiger partial charge on any atom is 0.0439 e. The van der Waals surface area contributed by atoms with Crippen LogP contribution in [0.3, 0.4) is 0 Å². The summed E-state index contributed by atoms with van der Waals surface area (Å²) < 4.78 is 0. The van der Waals surface area contributed by atoms with Crippen LogP contribution in [0.4, 0.5) is 0 Å². The van der Waals surface area contributed by atoms with E-state index in [9.17, 15) is 0 Å². The number of nitrogens with one attached hydrogen (secondary N) is 1. The zero-order valence-corrected chi connectivity index (χ0v) is 13.1. The maximum atomic E-state index is 6.23. The fraction of sp³-hybridized carbons (Fsp3) is 0.600. The third-order valence-electron chi connectivity index (χ3n) is 3.22. The first kappa shape index (κ1) is 15.8. The average molecular weight is 288 g/mol. The van der Waals surface area contributed by atoms with Crippen molar-refractivity contribution < 1.29 is 0 Å². The molecule has 0 heterocycles. The summed E-state index contributed by atoms with van der Waals surface area (Å²) in [5.41, 5.74) is 1.15. The third-order valence-corrected chi connectivity index (χ3v) is 3.82. The Labute approximate surface area is 121 Å². The van der Waals surface area contributed by atoms with Crippen molar-refractivity contribution in [2.45, 2.75) is 40.2 Å². The van der Waals surface area contributed by atoms with Crippen LogP contribution in [0.25, 0.3) is 0 Å². The molecule has 0 radical (unpaired) electrons. The van der Waals surface area contributed by atoms with E-state index >= 15 is 0 Å². The second-order valence-corrected chi connectivity index (χ2v) is 6.35. The van der Waals surface area contributed by atoms with E-state index in [0.717, 1.165) is 28.6 Å². The Morgan fingerprint density at radius 3 is 2.33 bits per heavy atom. The summed E-state index contributed by atoms with van der Waals surface area (Å²) in [7, 11) is 0. The third kappa shape index (κ3) is 5.17. The van der Waals surface area contributed by atoms with Crippen LogP contribution in [0, 0.1) is 11.8 Å². The Balaban J connectivity index is 2.73. The summed E-state index contributed by atoms with van der Waals surface area (Å²) in [5, 5.41) is 5.08. The van der Waals surface area contributed by atoms with Gasteiger partial charge < -0.3 is 5.32 Å². The highest BCUT2D eigenvalue weighted by molar-refractivity contribution is 6.33. The van der Waals surface area contributed by atoms with Gasteiger partial charge in [-0.1, -0.05) is 50.9 Å². The standard InChI is InChI=1S/C15H23Cl2N/c1-10(2)13(9-18-11(3)4)7-12-8-14(16)5-6-15(12)17/h5-6,8,10-11,13,18H,7,9H2,1-4H3. The molecule has 0 saturated carbocycles. The van der Waals surface area contributed by atoms with Crippen molar-refractivity contribution in [3.05, 3.63) is 33.8 Å². The van der Waals surface area contributed by atoms with E-state index in [1.165, 1.54) is 0 Å². The van der Waals surface area contributed by atoms with Crippen molar-refractivity contribution in [2.75, 3.05) is 6.54 Å². The van der Waals surface area contributed by atoms with Gasteiger partial charge in [0.2, 0.25) is 0 Å². The van der Waals surface area contributed by atoms with E-state index < -0.39 is 0 Å². The smallest absolute Gasteiger partial charge is 0.0439 e. The molecule has 0 amide bonds. The van der Waals surface area contributed by atoms with Crippen LogP contribution in [-0.2, 0) is 6.42 Å². The maximum absolute atomic E-state index is 6.23. The molecule has 1 nitrogen and oxygen atoms in total. The highest BCUT2D eigenvalue weighted by Gasteiger charge is 2.16. The molecule has 1 unspecified atom stereocenters. The summed E-state index contributed by atoms with van der Waals surface area (Å²) in [6.45, 7) is 9.86. The van der Waals surface area contributed by atoms with E-state index in [4.69, 9.17) is 23.2 Å². The van der Waals surface area contributed by atoms with Gasteiger partial charge in [-0.25, -0.2) is 0 Å². The average Bonchev–Trinajstić information content (AvgIpc) is 2.28. The normalized spacial score (nSPS) is 13.3. The molecule has 102 valence electrons. The van der Waals surface area contributed by atoms with Crippen LogP contribution in [0.5, 0.6) is 0 Å². The lowest BCUT2D eigenvalue weighted by Crippen LogP contribution is -2.32. The largest absolute Gasteiger partial charge is 0.314 e. The van der Waals surface area contributed by atoms with E-state index in [1.807, 2.05) is 18.2 Å². The van der Waals surface area contributed by atoms with Gasteiger partial charge in [-0.3, -0.25) is 0 Å². The van der Waals surface area contributed by atoms with Gasteiger partial charge in [0, 0.05) is 16.1 Å². The van der Waals surface area contributed by atoms with Crippen LogP contribution >= 0.6 is 23.2 Å². The Morgan fingerprint density at radius 2 is 1.78 bits per heavy atom. The molecule has 0 bridgehead atoms. The van der Waals surface area contributed by atoms with E-state index in [-0.39, 0.29) is 0 Å². The summed E-state index contributed by atoms with van der Waals surface area (Å²) in [4.78, 5) is 0. The van der Waals surface area contributed by atoms with Gasteiger partial charge in [-0.05, 0) is 48.6 Å². The number of rotatable bonds is 6. The quantitative estimate of drug-likeness (QED) is 0.792. The first-order chi connectivity index (χ1) is 8.40. The molecule has 0 spiro atoms. The second kappa shape index (κ2) is 7.37. The zero-order valence-electron chi connectivity index (χ0n) is 11.6. The van der Waals surface area contributed by atoms with Crippen molar-refractivity contribution >= 4 is 23.2 Å². The lowest BCUT2D eigenvalue weighted by Gasteiger charge is -2.23. The minimum Gasteiger partial charge on any atom is -0.314 e. The summed E-state index contributed by atoms with van der Waals surface area (Å²) >= 11 is 12.3. The Morgan fingerprint density at radius 1 is 1.11 bits per heavy atom. The summed E-state index contributed by atoms with van der Waals surface area (Å²) in [6.07, 6.45) is 0.969. The van der Waals surface area contributed by atoms with Crippen molar-refractivity contribution in [1.29, 1.82) is 0 Å². The van der Waals surface area contributed by atoms with Crippen molar-refractivity contribution in [2.24, 2.45) is 11.8 Å². The summed E-state index contributed by atoms with van der Waals surface area (Å²) in [6, 6.07) is 6.21. The molecule has 1 aromatic carbocycles. The molecule has 1 rings (SSSR count). The fourth-order valence-electron chi connectivity index (χ4n) is 1.91. The molecule has 3 heteroatoms. The van der Waals surface area contributed by atoms with Gasteiger partial charge in [0.15, 0.2) is 0 Å². The SMILES string of the molecule is CC(C)NCC(Cc1cc(Cl)ccc1Cl)C(C)C. The van der Waals surface area contributed by atoms with Crippen LogP contribution in [0.1, 0.15) is 33.3 Å². The van der Waals surface area contributed by atoms with Crippen molar-refractivity contribution in [1.82, 2.24) is 5.32 Å². The van der Waals surface area contributed by atoms with Gasteiger partial charge in [-0.15, -0.1) is 0 Å². The second-order valence-electron chi connectivity index (χ2n) is 5.51. The zero-order chi connectivity index (χ0) is 13.7. The topological polar surface area (TPSA) is 12.0 Å². The van der Waals surface area contributed by atoms with Gasteiger partial charge in [0.1, 0.15) is 0 Å². The first-order valence-electron chi connectivity index (χ1n) is 6.57. The van der Waals surface area contributed by atoms with Crippen LogP contribution in [-0.4, -0.2) is 12.6 Å². The Kier molecular flexibility index (Phi) is 6.48. The number of benzene rings is 1. The molecule has 0 aromatic heterocycles. The van der Waals surface area contributed by atoms with E-state index in [1.54, 1.807) is 0 Å². The molecule has 1 N–H and O–H groups in total. The van der Waals surface area contributed by atoms with Crippen molar-refractivity contribution in [3.8, 4) is 0 Å². The Bertz CT molecular complexity index is 375. The molecule has 1 atom stereocenters. The molecule has 0 saturated heterocycles. The van der Waals surface area contributed by atoms with Crippen molar-refractivity contribution in [3.63, 3.8) is 0 Å². The molecule has 0 aliphatic heterocycles. The minimum atomic E-state index is 0.515. The molecular formula is C15H23Cl2N. The first-order valence-corrected chi connectivity index (χ1v) is 7.33. The minimum absolute atomic E-state index is 0.515. The molecule has 1 aromatic rings. The van der Waals surface area contributed by atoms with Crippen LogP contribution < -0.4 is 5.32 Å². The van der Waals surface area contributed by atoms with Crippen LogP contribution in [0.15, 0.2) is 18.2 Å². The monoisotopic (exact) mass is 287 g/mol. The van der Waals surface area contributed by atoms with Crippen LogP contribution in [0.2, 0.25) is 10.0 Å². The lowest BCUT2D eigenvalue weighted by molar-refractivity contribution is 0.349. The summed E-state index contributed by atoms with van der Waals surface area (Å²) in [5.74, 6) is 1.19. The van der Waals surface area contributed by atoms with Gasteiger partial charge >= 0.3 is 0 Å². The van der Waals surface area contributed by atoms with E-state index in [0.29, 0.717) is 17.9 Å². The number of hydrogen-bond donors (Lipinski definition) is 1. The predicted molar refractivity (Wildman–Crippen MR) is 81.6 cm³/mol. The lowest BCUT2D eigenvalue weighted by atomic mass is 9.89. The molecular weight excluding hydrogens is 265 g/mol. The number of hydrogen-bond acceptors (Lipinski definition) is 1. The molecule has 0 fully saturated rings. The molecule has 0 aliphatic rings. The molecule has 18 heavy (non-hydrogen) atoms. The fourth-order valence-corrected chi connectivity index (χ4v) is 2.30. The highest BCUT2D eigenvalue weighted by atomic mass is 35.5. The van der Waals surface area contributed by atoms with Gasteiger partial charge in [0.05, 0.1) is 0 Å². The van der Waals surface area contributed by atoms with Gasteiger partial charge in [0.25, 0.3) is 0 Å². The Hall–Kier alpha value is -0.240. The predicted octanol–water partition coefficient (Wildman–Crippen LogP) is 4.81. The number of halogens is 2. The highest BCUT2D eigenvalue weighted by Crippen LogP contribution is 2.25. The van der Waals surface area contributed by atoms with E-state index in [2.05, 4.69) is 33.0 Å². The molecule has 0 aliphatic carbocycles. The van der Waals surface area contributed by atoms with Gasteiger partial charge in [-0.2, -0.15) is 0 Å².